The largest absolute Gasteiger partial charge is 0.311 e. The van der Waals surface area contributed by atoms with Crippen LogP contribution in [0.2, 0.25) is 0 Å². The molecule has 0 fully saturated rings. The number of thiophene rings is 1. The van der Waals surface area contributed by atoms with Crippen molar-refractivity contribution in [2.75, 3.05) is 9.80 Å². The topological polar surface area (TPSA) is 6.48 Å². The lowest BCUT2D eigenvalue weighted by molar-refractivity contribution is 0.588. The highest BCUT2D eigenvalue weighted by Gasteiger charge is 2.53. The van der Waals surface area contributed by atoms with E-state index in [1.165, 1.54) is 138 Å². The van der Waals surface area contributed by atoms with Crippen molar-refractivity contribution >= 4 is 78.0 Å². The van der Waals surface area contributed by atoms with Crippen molar-refractivity contribution < 1.29 is 0 Å². The van der Waals surface area contributed by atoms with Gasteiger partial charge in [-0.05, 0) is 170 Å². The van der Waals surface area contributed by atoms with Gasteiger partial charge in [-0.15, -0.1) is 11.3 Å². The fraction of sp³-hybridized carbons (Fsp3) is 0.125. The second kappa shape index (κ2) is 14.1. The SMILES string of the molecule is Cc1cc2c3c(c1)N(c1ccccc1)c1c(sc4cc5c(cc14)-c1ccc(C(C)(C)C)cc1C51c4ccccc4-c4ccccc41)B3c1ccc(-c3c(C)cccc3C)cc1N2c1ccccc1. The summed E-state index contributed by atoms with van der Waals surface area (Å²) in [5, 5.41) is 1.31. The number of aryl methyl sites for hydroxylation is 3. The summed E-state index contributed by atoms with van der Waals surface area (Å²) in [5.74, 6) is 0. The van der Waals surface area contributed by atoms with Crippen molar-refractivity contribution in [1.29, 1.82) is 0 Å². The van der Waals surface area contributed by atoms with Gasteiger partial charge in [-0.3, -0.25) is 0 Å². The van der Waals surface area contributed by atoms with Crippen LogP contribution in [0.25, 0.3) is 43.5 Å². The molecular formula is C64H49BN2S. The molecule has 0 bridgehead atoms. The van der Waals surface area contributed by atoms with E-state index in [0.717, 1.165) is 0 Å². The summed E-state index contributed by atoms with van der Waals surface area (Å²) in [4.78, 5) is 5.16. The standard InChI is InChI=1S/C64H49BN2S/c1-38-32-56-60-57(33-38)67(44-22-11-8-12-23-44)61-49-36-48-47-30-29-42(63(4,5)6)35-52(47)64(50-26-15-13-24-45(50)46-25-14-16-27-51(46)64)53(48)37-58(49)68-62(61)65(60)54-31-28-41(59-39(2)18-17-19-40(59)3)34-55(54)66(56)43-20-9-7-10-21-43/h7-37H,1-6H3. The Balaban J connectivity index is 1.10. The third kappa shape index (κ3) is 5.24. The van der Waals surface area contributed by atoms with E-state index in [4.69, 9.17) is 0 Å². The van der Waals surface area contributed by atoms with E-state index in [0.29, 0.717) is 0 Å². The molecule has 1 spiro atoms. The summed E-state index contributed by atoms with van der Waals surface area (Å²) in [6.07, 6.45) is 0. The lowest BCUT2D eigenvalue weighted by Crippen LogP contribution is -2.60. The molecule has 2 nitrogen and oxygen atoms in total. The Morgan fingerprint density at radius 2 is 1.07 bits per heavy atom. The van der Waals surface area contributed by atoms with Crippen LogP contribution in [0.4, 0.5) is 34.1 Å². The Morgan fingerprint density at radius 3 is 1.74 bits per heavy atom. The van der Waals surface area contributed by atoms with Crippen molar-refractivity contribution in [3.8, 4) is 33.4 Å². The van der Waals surface area contributed by atoms with Gasteiger partial charge in [-0.2, -0.15) is 0 Å². The molecule has 0 atom stereocenters. The van der Waals surface area contributed by atoms with Crippen molar-refractivity contribution in [3.05, 3.63) is 233 Å². The number of hydrogen-bond donors (Lipinski definition) is 0. The predicted molar refractivity (Wildman–Crippen MR) is 290 cm³/mol. The molecule has 0 amide bonds. The minimum atomic E-state index is -0.443. The lowest BCUT2D eigenvalue weighted by Gasteiger charge is -2.43. The molecule has 10 aromatic rings. The van der Waals surface area contributed by atoms with Crippen molar-refractivity contribution in [2.45, 2.75) is 52.4 Å². The number of rotatable bonds is 3. The van der Waals surface area contributed by atoms with Crippen LogP contribution >= 0.6 is 11.3 Å². The van der Waals surface area contributed by atoms with Gasteiger partial charge < -0.3 is 9.80 Å². The Hall–Kier alpha value is -7.40. The van der Waals surface area contributed by atoms with Gasteiger partial charge in [0.2, 0.25) is 0 Å². The van der Waals surface area contributed by atoms with Crippen LogP contribution in [0.15, 0.2) is 188 Å². The third-order valence-electron chi connectivity index (χ3n) is 15.7. The van der Waals surface area contributed by atoms with Gasteiger partial charge in [0.1, 0.15) is 0 Å². The summed E-state index contributed by atoms with van der Waals surface area (Å²) in [7, 11) is 0. The molecule has 324 valence electrons. The van der Waals surface area contributed by atoms with Crippen LogP contribution in [0.5, 0.6) is 0 Å². The highest BCUT2D eigenvalue weighted by molar-refractivity contribution is 7.33. The van der Waals surface area contributed by atoms with Gasteiger partial charge >= 0.3 is 0 Å². The molecule has 2 aliphatic carbocycles. The first-order valence-corrected chi connectivity index (χ1v) is 24.9. The molecule has 4 heteroatoms. The van der Waals surface area contributed by atoms with E-state index in [-0.39, 0.29) is 12.1 Å². The molecule has 4 aliphatic rings. The third-order valence-corrected chi connectivity index (χ3v) is 16.9. The second-order valence-electron chi connectivity index (χ2n) is 20.6. The zero-order valence-electron chi connectivity index (χ0n) is 39.3. The normalized spacial score (nSPS) is 14.4. The van der Waals surface area contributed by atoms with Crippen LogP contribution in [0, 0.1) is 20.8 Å². The number of hydrogen-bond acceptors (Lipinski definition) is 3. The maximum atomic E-state index is 2.62. The van der Waals surface area contributed by atoms with E-state index in [2.05, 4.69) is 239 Å². The smallest absolute Gasteiger partial charge is 0.264 e. The average molecular weight is 889 g/mol. The highest BCUT2D eigenvalue weighted by Crippen LogP contribution is 2.64. The minimum absolute atomic E-state index is 0.00544. The summed E-state index contributed by atoms with van der Waals surface area (Å²) in [6.45, 7) is 13.8. The first kappa shape index (κ1) is 39.7. The minimum Gasteiger partial charge on any atom is -0.311 e. The monoisotopic (exact) mass is 888 g/mol. The average Bonchev–Trinajstić information content (AvgIpc) is 3.96. The maximum absolute atomic E-state index is 2.62. The Bertz CT molecular complexity index is 3720. The molecule has 1 aromatic heterocycles. The molecule has 0 saturated carbocycles. The predicted octanol–water partition coefficient (Wildman–Crippen LogP) is 15.2. The number of benzene rings is 9. The molecule has 3 heterocycles. The maximum Gasteiger partial charge on any atom is 0.264 e. The van der Waals surface area contributed by atoms with Gasteiger partial charge in [0.05, 0.1) is 11.1 Å². The molecule has 9 aromatic carbocycles. The highest BCUT2D eigenvalue weighted by atomic mass is 32.1. The second-order valence-corrected chi connectivity index (χ2v) is 21.7. The first-order chi connectivity index (χ1) is 33.1. The van der Waals surface area contributed by atoms with Crippen LogP contribution in [0.3, 0.4) is 0 Å². The number of para-hydroxylation sites is 2. The van der Waals surface area contributed by atoms with Gasteiger partial charge in [-0.25, -0.2) is 0 Å². The Kier molecular flexibility index (Phi) is 8.23. The summed E-state index contributed by atoms with van der Waals surface area (Å²) in [5.41, 5.74) is 28.3. The van der Waals surface area contributed by atoms with Crippen molar-refractivity contribution in [1.82, 2.24) is 0 Å². The van der Waals surface area contributed by atoms with E-state index < -0.39 is 5.41 Å². The van der Waals surface area contributed by atoms with Crippen LogP contribution in [0.1, 0.15) is 65.3 Å². The fourth-order valence-corrected chi connectivity index (χ4v) is 14.2. The summed E-state index contributed by atoms with van der Waals surface area (Å²) in [6, 6.07) is 72.0. The van der Waals surface area contributed by atoms with E-state index in [1.54, 1.807) is 0 Å². The molecule has 0 radical (unpaired) electrons. The first-order valence-electron chi connectivity index (χ1n) is 24.1. The van der Waals surface area contributed by atoms with E-state index in [1.807, 2.05) is 11.3 Å². The summed E-state index contributed by atoms with van der Waals surface area (Å²) < 4.78 is 2.72. The lowest BCUT2D eigenvalue weighted by atomic mass is 9.36. The molecular weight excluding hydrogens is 840 g/mol. The van der Waals surface area contributed by atoms with Crippen LogP contribution in [-0.4, -0.2) is 6.71 Å². The number of nitrogens with zero attached hydrogens (tertiary/aromatic N) is 2. The zero-order chi connectivity index (χ0) is 45.8. The quantitative estimate of drug-likeness (QED) is 0.163. The number of anilines is 6. The van der Waals surface area contributed by atoms with Crippen molar-refractivity contribution in [3.63, 3.8) is 0 Å². The molecule has 0 saturated heterocycles. The van der Waals surface area contributed by atoms with E-state index in [9.17, 15) is 0 Å². The fourth-order valence-electron chi connectivity index (χ4n) is 12.8. The van der Waals surface area contributed by atoms with Gasteiger partial charge in [0.15, 0.2) is 0 Å². The Labute approximate surface area is 403 Å². The molecule has 2 aliphatic heterocycles. The number of fused-ring (bicyclic) bond motifs is 16. The van der Waals surface area contributed by atoms with Gasteiger partial charge in [0.25, 0.3) is 6.71 Å². The van der Waals surface area contributed by atoms with Crippen LogP contribution in [-0.2, 0) is 10.8 Å². The summed E-state index contributed by atoms with van der Waals surface area (Å²) >= 11 is 2.00. The van der Waals surface area contributed by atoms with Crippen LogP contribution < -0.4 is 25.5 Å². The molecule has 14 rings (SSSR count). The van der Waals surface area contributed by atoms with Gasteiger partial charge in [0, 0.05) is 43.3 Å². The van der Waals surface area contributed by atoms with Gasteiger partial charge in [-0.1, -0.05) is 154 Å². The molecule has 68 heavy (non-hydrogen) atoms. The van der Waals surface area contributed by atoms with Crippen molar-refractivity contribution in [2.24, 2.45) is 0 Å². The molecule has 0 N–H and O–H groups in total. The molecule has 0 unspecified atom stereocenters. The zero-order valence-corrected chi connectivity index (χ0v) is 40.1. The van der Waals surface area contributed by atoms with E-state index >= 15 is 0 Å². The Morgan fingerprint density at radius 1 is 0.485 bits per heavy atom.